The number of halogens is 1. The van der Waals surface area contributed by atoms with Crippen molar-refractivity contribution in [3.63, 3.8) is 0 Å². The zero-order chi connectivity index (χ0) is 15.6. The Bertz CT molecular complexity index is 661. The summed E-state index contributed by atoms with van der Waals surface area (Å²) in [5.74, 6) is -0.460. The first-order valence-corrected chi connectivity index (χ1v) is 7.28. The Kier molecular flexibility index (Phi) is 4.41. The van der Waals surface area contributed by atoms with Crippen molar-refractivity contribution in [2.45, 2.75) is 39.8 Å². The van der Waals surface area contributed by atoms with Gasteiger partial charge in [0.2, 0.25) is 0 Å². The Hall–Kier alpha value is -1.76. The summed E-state index contributed by atoms with van der Waals surface area (Å²) in [4.78, 5) is 16.1. The SMILES string of the molecule is Cc1c(C(=O)OC(C)(C)C)nnn1Cc1cncc(Br)c1. The van der Waals surface area contributed by atoms with Crippen molar-refractivity contribution in [1.29, 1.82) is 0 Å². The monoisotopic (exact) mass is 352 g/mol. The number of pyridine rings is 1. The minimum absolute atomic E-state index is 0.243. The Morgan fingerprint density at radius 2 is 2.10 bits per heavy atom. The van der Waals surface area contributed by atoms with E-state index in [2.05, 4.69) is 31.2 Å². The van der Waals surface area contributed by atoms with Gasteiger partial charge in [0.1, 0.15) is 5.60 Å². The molecule has 0 atom stereocenters. The van der Waals surface area contributed by atoms with Gasteiger partial charge >= 0.3 is 5.97 Å². The lowest BCUT2D eigenvalue weighted by Gasteiger charge is -2.18. The Balaban J connectivity index is 2.19. The molecule has 0 fully saturated rings. The van der Waals surface area contributed by atoms with Gasteiger partial charge in [0.25, 0.3) is 0 Å². The number of carbonyl (C=O) groups excluding carboxylic acids is 1. The third kappa shape index (κ3) is 4.10. The van der Waals surface area contributed by atoms with Crippen molar-refractivity contribution in [2.75, 3.05) is 0 Å². The number of aromatic nitrogens is 4. The van der Waals surface area contributed by atoms with Crippen LogP contribution in [0.15, 0.2) is 22.9 Å². The first-order valence-electron chi connectivity index (χ1n) is 6.49. The molecule has 0 aliphatic carbocycles. The molecule has 0 spiro atoms. The Labute approximate surface area is 131 Å². The van der Waals surface area contributed by atoms with E-state index in [1.807, 2.05) is 26.8 Å². The van der Waals surface area contributed by atoms with E-state index in [1.54, 1.807) is 24.0 Å². The zero-order valence-corrected chi connectivity index (χ0v) is 14.0. The van der Waals surface area contributed by atoms with Gasteiger partial charge in [0, 0.05) is 16.9 Å². The van der Waals surface area contributed by atoms with Crippen LogP contribution in [0.25, 0.3) is 0 Å². The summed E-state index contributed by atoms with van der Waals surface area (Å²) in [6.07, 6.45) is 3.46. The van der Waals surface area contributed by atoms with Gasteiger partial charge in [0.15, 0.2) is 5.69 Å². The summed E-state index contributed by atoms with van der Waals surface area (Å²) in [7, 11) is 0. The van der Waals surface area contributed by atoms with Crippen LogP contribution in [0.1, 0.15) is 42.5 Å². The van der Waals surface area contributed by atoms with E-state index in [9.17, 15) is 4.79 Å². The molecule has 2 rings (SSSR count). The van der Waals surface area contributed by atoms with E-state index in [1.165, 1.54) is 0 Å². The Morgan fingerprint density at radius 1 is 1.38 bits per heavy atom. The van der Waals surface area contributed by atoms with Crippen LogP contribution in [-0.2, 0) is 11.3 Å². The molecule has 0 saturated carbocycles. The number of hydrogen-bond donors (Lipinski definition) is 0. The molecule has 0 aromatic carbocycles. The van der Waals surface area contributed by atoms with Crippen LogP contribution < -0.4 is 0 Å². The third-order valence-electron chi connectivity index (χ3n) is 2.67. The predicted octanol–water partition coefficient (Wildman–Crippen LogP) is 2.75. The summed E-state index contributed by atoms with van der Waals surface area (Å²) >= 11 is 3.37. The second-order valence-electron chi connectivity index (χ2n) is 5.69. The predicted molar refractivity (Wildman–Crippen MR) is 81.0 cm³/mol. The highest BCUT2D eigenvalue weighted by Gasteiger charge is 2.23. The zero-order valence-electron chi connectivity index (χ0n) is 12.4. The maximum absolute atomic E-state index is 12.0. The molecule has 2 aromatic rings. The lowest BCUT2D eigenvalue weighted by Crippen LogP contribution is -2.24. The van der Waals surface area contributed by atoms with E-state index >= 15 is 0 Å². The van der Waals surface area contributed by atoms with Crippen LogP contribution in [0.2, 0.25) is 0 Å². The van der Waals surface area contributed by atoms with Crippen LogP contribution in [0.3, 0.4) is 0 Å². The maximum atomic E-state index is 12.0. The fourth-order valence-electron chi connectivity index (χ4n) is 1.74. The standard InChI is InChI=1S/C14H17BrN4O2/c1-9-12(13(20)21-14(2,3)4)17-18-19(9)8-10-5-11(15)7-16-6-10/h5-7H,8H2,1-4H3. The first-order chi connectivity index (χ1) is 9.76. The van der Waals surface area contributed by atoms with Crippen LogP contribution in [0.4, 0.5) is 0 Å². The van der Waals surface area contributed by atoms with Crippen molar-refractivity contribution in [2.24, 2.45) is 0 Å². The molecule has 0 radical (unpaired) electrons. The highest BCUT2D eigenvalue weighted by atomic mass is 79.9. The third-order valence-corrected chi connectivity index (χ3v) is 3.10. The van der Waals surface area contributed by atoms with Crippen molar-refractivity contribution in [3.05, 3.63) is 39.9 Å². The smallest absolute Gasteiger partial charge is 0.361 e. The molecule has 0 unspecified atom stereocenters. The second kappa shape index (κ2) is 5.93. The number of esters is 1. The van der Waals surface area contributed by atoms with Gasteiger partial charge in [-0.15, -0.1) is 5.10 Å². The van der Waals surface area contributed by atoms with Crippen molar-refractivity contribution < 1.29 is 9.53 Å². The van der Waals surface area contributed by atoms with Crippen molar-refractivity contribution >= 4 is 21.9 Å². The minimum atomic E-state index is -0.554. The molecule has 2 aromatic heterocycles. The van der Waals surface area contributed by atoms with Gasteiger partial charge in [-0.2, -0.15) is 0 Å². The normalized spacial score (nSPS) is 11.5. The Morgan fingerprint density at radius 3 is 2.71 bits per heavy atom. The van der Waals surface area contributed by atoms with Gasteiger partial charge in [-0.1, -0.05) is 5.21 Å². The van der Waals surface area contributed by atoms with Crippen molar-refractivity contribution in [1.82, 2.24) is 20.0 Å². The summed E-state index contributed by atoms with van der Waals surface area (Å²) in [5.41, 5.74) is 1.33. The maximum Gasteiger partial charge on any atom is 0.361 e. The lowest BCUT2D eigenvalue weighted by molar-refractivity contribution is 0.00619. The fourth-order valence-corrected chi connectivity index (χ4v) is 2.15. The quantitative estimate of drug-likeness (QED) is 0.794. The average molecular weight is 353 g/mol. The number of rotatable bonds is 3. The fraction of sp³-hybridized carbons (Fsp3) is 0.429. The summed E-state index contributed by atoms with van der Waals surface area (Å²) in [5, 5.41) is 7.94. The topological polar surface area (TPSA) is 69.9 Å². The van der Waals surface area contributed by atoms with Crippen LogP contribution in [0.5, 0.6) is 0 Å². The first kappa shape index (κ1) is 15.6. The molecule has 0 aliphatic heterocycles. The van der Waals surface area contributed by atoms with Gasteiger partial charge in [-0.25, -0.2) is 9.48 Å². The number of ether oxygens (including phenoxy) is 1. The van der Waals surface area contributed by atoms with E-state index in [-0.39, 0.29) is 5.69 Å². The van der Waals surface area contributed by atoms with Gasteiger partial charge < -0.3 is 4.74 Å². The average Bonchev–Trinajstić information content (AvgIpc) is 2.69. The van der Waals surface area contributed by atoms with Gasteiger partial charge in [-0.3, -0.25) is 4.98 Å². The molecule has 2 heterocycles. The molecule has 112 valence electrons. The molecule has 6 nitrogen and oxygen atoms in total. The van der Waals surface area contributed by atoms with E-state index < -0.39 is 11.6 Å². The molecule has 0 bridgehead atoms. The summed E-state index contributed by atoms with van der Waals surface area (Å²) in [6.45, 7) is 7.74. The molecule has 0 aliphatic rings. The molecular formula is C14H17BrN4O2. The molecule has 0 saturated heterocycles. The molecule has 21 heavy (non-hydrogen) atoms. The van der Waals surface area contributed by atoms with Crippen LogP contribution >= 0.6 is 15.9 Å². The summed E-state index contributed by atoms with van der Waals surface area (Å²) < 4.78 is 7.86. The second-order valence-corrected chi connectivity index (χ2v) is 6.61. The molecule has 7 heteroatoms. The highest BCUT2D eigenvalue weighted by Crippen LogP contribution is 2.15. The van der Waals surface area contributed by atoms with Gasteiger partial charge in [0.05, 0.1) is 12.2 Å². The highest BCUT2D eigenvalue weighted by molar-refractivity contribution is 9.10. The number of nitrogens with zero attached hydrogens (tertiary/aromatic N) is 4. The molecule has 0 amide bonds. The van der Waals surface area contributed by atoms with E-state index in [0.717, 1.165) is 10.0 Å². The lowest BCUT2D eigenvalue weighted by atomic mass is 10.2. The summed E-state index contributed by atoms with van der Waals surface area (Å²) in [6, 6.07) is 1.95. The van der Waals surface area contributed by atoms with E-state index in [0.29, 0.717) is 12.2 Å². The van der Waals surface area contributed by atoms with Crippen LogP contribution in [-0.4, -0.2) is 31.5 Å². The number of hydrogen-bond acceptors (Lipinski definition) is 5. The van der Waals surface area contributed by atoms with E-state index in [4.69, 9.17) is 4.74 Å². The number of carbonyl (C=O) groups is 1. The minimum Gasteiger partial charge on any atom is -0.455 e. The largest absolute Gasteiger partial charge is 0.455 e. The van der Waals surface area contributed by atoms with Crippen molar-refractivity contribution in [3.8, 4) is 0 Å². The van der Waals surface area contributed by atoms with Gasteiger partial charge in [-0.05, 0) is 55.3 Å². The molecule has 0 N–H and O–H groups in total. The molecular weight excluding hydrogens is 336 g/mol. The van der Waals surface area contributed by atoms with Crippen LogP contribution in [0, 0.1) is 6.92 Å².